The second-order valence-corrected chi connectivity index (χ2v) is 6.48. The van der Waals surface area contributed by atoms with E-state index in [-0.39, 0.29) is 11.9 Å². The van der Waals surface area contributed by atoms with E-state index in [2.05, 4.69) is 10.3 Å². The number of hydrogen-bond donors (Lipinski definition) is 1. The Morgan fingerprint density at radius 3 is 2.86 bits per heavy atom. The molecule has 1 N–H and O–H groups in total. The second kappa shape index (κ2) is 8.68. The van der Waals surface area contributed by atoms with Crippen LogP contribution in [0.15, 0.2) is 17.8 Å². The van der Waals surface area contributed by atoms with Crippen LogP contribution in [0.25, 0.3) is 6.08 Å². The minimum atomic E-state index is -0.563. The largest absolute Gasteiger partial charge is 0.467 e. The summed E-state index contributed by atoms with van der Waals surface area (Å²) in [6, 6.07) is -0.563. The summed E-state index contributed by atoms with van der Waals surface area (Å²) in [7, 11) is 1.36. The lowest BCUT2D eigenvalue weighted by atomic mass is 9.85. The lowest BCUT2D eigenvalue weighted by Gasteiger charge is -2.25. The van der Waals surface area contributed by atoms with Crippen LogP contribution in [0.1, 0.15) is 43.4 Å². The van der Waals surface area contributed by atoms with E-state index in [1.165, 1.54) is 43.8 Å². The number of carbonyl (C=O) groups is 2. The molecule has 1 aromatic heterocycles. The van der Waals surface area contributed by atoms with Gasteiger partial charge in [0.15, 0.2) is 0 Å². The van der Waals surface area contributed by atoms with Crippen molar-refractivity contribution in [2.75, 3.05) is 7.11 Å². The van der Waals surface area contributed by atoms with Crippen LogP contribution >= 0.6 is 11.3 Å². The molecule has 1 aliphatic rings. The Bertz CT molecular complexity index is 507. The topological polar surface area (TPSA) is 68.3 Å². The molecule has 2 rings (SSSR count). The minimum absolute atomic E-state index is 0.278. The molecule has 6 heteroatoms. The third-order valence-electron chi connectivity index (χ3n) is 3.95. The highest BCUT2D eigenvalue weighted by Crippen LogP contribution is 2.27. The molecule has 5 nitrogen and oxygen atoms in total. The first-order valence-electron chi connectivity index (χ1n) is 7.64. The maximum absolute atomic E-state index is 12.0. The number of rotatable bonds is 6. The van der Waals surface area contributed by atoms with E-state index in [0.29, 0.717) is 12.3 Å². The molecule has 1 aromatic rings. The molecular weight excluding hydrogens is 300 g/mol. The zero-order valence-electron chi connectivity index (χ0n) is 12.8. The van der Waals surface area contributed by atoms with E-state index in [1.54, 1.807) is 17.8 Å². The first-order chi connectivity index (χ1) is 10.7. The maximum atomic E-state index is 12.0. The van der Waals surface area contributed by atoms with Gasteiger partial charge in [0.25, 0.3) is 0 Å². The quantitative estimate of drug-likeness (QED) is 0.646. The van der Waals surface area contributed by atoms with Gasteiger partial charge in [0.2, 0.25) is 5.91 Å². The Morgan fingerprint density at radius 2 is 2.23 bits per heavy atom. The number of thiazole rings is 1. The van der Waals surface area contributed by atoms with E-state index in [0.717, 1.165) is 17.7 Å². The number of methoxy groups -OCH3 is 1. The van der Waals surface area contributed by atoms with Crippen molar-refractivity contribution >= 4 is 29.3 Å². The highest BCUT2D eigenvalue weighted by molar-refractivity contribution is 7.10. The second-order valence-electron chi connectivity index (χ2n) is 5.56. The Morgan fingerprint density at radius 1 is 1.45 bits per heavy atom. The van der Waals surface area contributed by atoms with Crippen molar-refractivity contribution in [2.24, 2.45) is 5.92 Å². The number of ether oxygens (including phenoxy) is 1. The summed E-state index contributed by atoms with van der Waals surface area (Å²) in [5.41, 5.74) is 1.71. The standard InChI is InChI=1S/C16H22N2O3S/c1-21-16(20)14(9-12-5-3-2-4-6-12)18-15(19)8-7-13-10-17-11-22-13/h7-8,10-12,14H,2-6,9H2,1H3,(H,18,19)/b8-7+/t14-/m1/s1. The van der Waals surface area contributed by atoms with Crippen LogP contribution in [-0.2, 0) is 14.3 Å². The molecule has 0 saturated heterocycles. The summed E-state index contributed by atoms with van der Waals surface area (Å²) in [6.45, 7) is 0. The van der Waals surface area contributed by atoms with Crippen LogP contribution in [0, 0.1) is 5.92 Å². The first-order valence-corrected chi connectivity index (χ1v) is 8.52. The van der Waals surface area contributed by atoms with Gasteiger partial charge >= 0.3 is 5.97 Å². The van der Waals surface area contributed by atoms with Gasteiger partial charge in [-0.15, -0.1) is 11.3 Å². The zero-order valence-corrected chi connectivity index (χ0v) is 13.6. The molecule has 0 spiro atoms. The van der Waals surface area contributed by atoms with Crippen LogP contribution in [0.2, 0.25) is 0 Å². The van der Waals surface area contributed by atoms with Crippen LogP contribution in [0.4, 0.5) is 0 Å². The number of nitrogens with one attached hydrogen (secondary N) is 1. The van der Waals surface area contributed by atoms with Crippen molar-refractivity contribution in [1.29, 1.82) is 0 Å². The average Bonchev–Trinajstić information content (AvgIpc) is 3.06. The molecule has 0 aromatic carbocycles. The van der Waals surface area contributed by atoms with Crippen molar-refractivity contribution in [3.8, 4) is 0 Å². The third-order valence-corrected chi connectivity index (χ3v) is 4.69. The fourth-order valence-electron chi connectivity index (χ4n) is 2.80. The molecule has 1 atom stereocenters. The molecular formula is C16H22N2O3S. The number of hydrogen-bond acceptors (Lipinski definition) is 5. The number of aromatic nitrogens is 1. The van der Waals surface area contributed by atoms with Gasteiger partial charge in [0.05, 0.1) is 12.6 Å². The van der Waals surface area contributed by atoms with E-state index < -0.39 is 6.04 Å². The lowest BCUT2D eigenvalue weighted by Crippen LogP contribution is -2.42. The Labute approximate surface area is 134 Å². The van der Waals surface area contributed by atoms with Gasteiger partial charge in [-0.3, -0.25) is 9.78 Å². The number of esters is 1. The summed E-state index contributed by atoms with van der Waals surface area (Å²) >= 11 is 1.45. The predicted octanol–water partition coefficient (Wildman–Crippen LogP) is 2.78. The van der Waals surface area contributed by atoms with Crippen LogP contribution < -0.4 is 5.32 Å². The van der Waals surface area contributed by atoms with Gasteiger partial charge in [-0.05, 0) is 18.4 Å². The fourth-order valence-corrected chi connectivity index (χ4v) is 3.31. The molecule has 1 saturated carbocycles. The SMILES string of the molecule is COC(=O)[C@@H](CC1CCCCC1)NC(=O)/C=C/c1cncs1. The van der Waals surface area contributed by atoms with Crippen LogP contribution in [-0.4, -0.2) is 30.0 Å². The van der Waals surface area contributed by atoms with Crippen LogP contribution in [0.3, 0.4) is 0 Å². The van der Waals surface area contributed by atoms with Crippen molar-refractivity contribution in [3.63, 3.8) is 0 Å². The van der Waals surface area contributed by atoms with Gasteiger partial charge < -0.3 is 10.1 Å². The highest BCUT2D eigenvalue weighted by atomic mass is 32.1. The molecule has 120 valence electrons. The summed E-state index contributed by atoms with van der Waals surface area (Å²) < 4.78 is 4.82. The zero-order chi connectivity index (χ0) is 15.8. The van der Waals surface area contributed by atoms with Crippen molar-refractivity contribution in [3.05, 3.63) is 22.7 Å². The normalized spacial score (nSPS) is 17.3. The molecule has 0 aliphatic heterocycles. The Kier molecular flexibility index (Phi) is 6.58. The lowest BCUT2D eigenvalue weighted by molar-refractivity contribution is -0.145. The van der Waals surface area contributed by atoms with E-state index >= 15 is 0 Å². The minimum Gasteiger partial charge on any atom is -0.467 e. The molecule has 1 heterocycles. The summed E-state index contributed by atoms with van der Waals surface area (Å²) in [4.78, 5) is 28.7. The number of carbonyl (C=O) groups excluding carboxylic acids is 2. The van der Waals surface area contributed by atoms with Crippen LogP contribution in [0.5, 0.6) is 0 Å². The summed E-state index contributed by atoms with van der Waals surface area (Å²) in [5, 5.41) is 2.76. The molecule has 1 aliphatic carbocycles. The molecule has 1 fully saturated rings. The molecule has 22 heavy (non-hydrogen) atoms. The highest BCUT2D eigenvalue weighted by Gasteiger charge is 2.25. The number of nitrogens with zero attached hydrogens (tertiary/aromatic N) is 1. The fraction of sp³-hybridized carbons (Fsp3) is 0.562. The van der Waals surface area contributed by atoms with Gasteiger partial charge in [0, 0.05) is 17.2 Å². The average molecular weight is 322 g/mol. The maximum Gasteiger partial charge on any atom is 0.328 e. The van der Waals surface area contributed by atoms with Crippen molar-refractivity contribution < 1.29 is 14.3 Å². The van der Waals surface area contributed by atoms with Gasteiger partial charge in [0.1, 0.15) is 6.04 Å². The van der Waals surface area contributed by atoms with E-state index in [9.17, 15) is 9.59 Å². The molecule has 0 unspecified atom stereocenters. The van der Waals surface area contributed by atoms with Crippen molar-refractivity contribution in [2.45, 2.75) is 44.6 Å². The molecule has 0 bridgehead atoms. The smallest absolute Gasteiger partial charge is 0.328 e. The summed E-state index contributed by atoms with van der Waals surface area (Å²) in [5.74, 6) is -0.159. The van der Waals surface area contributed by atoms with Gasteiger partial charge in [-0.25, -0.2) is 4.79 Å². The molecule has 0 radical (unpaired) electrons. The first kappa shape index (κ1) is 16.7. The van der Waals surface area contributed by atoms with E-state index in [1.807, 2.05) is 0 Å². The van der Waals surface area contributed by atoms with E-state index in [4.69, 9.17) is 4.74 Å². The summed E-state index contributed by atoms with van der Waals surface area (Å²) in [6.07, 6.45) is 11.4. The predicted molar refractivity (Wildman–Crippen MR) is 86.3 cm³/mol. The van der Waals surface area contributed by atoms with Gasteiger partial charge in [-0.1, -0.05) is 32.1 Å². The third kappa shape index (κ3) is 5.26. The monoisotopic (exact) mass is 322 g/mol. The molecule has 1 amide bonds. The van der Waals surface area contributed by atoms with Crippen molar-refractivity contribution in [1.82, 2.24) is 10.3 Å². The Balaban J connectivity index is 1.90. The Hall–Kier alpha value is -1.69. The van der Waals surface area contributed by atoms with Gasteiger partial charge in [-0.2, -0.15) is 0 Å². The number of amides is 1.